The number of benzene rings is 3. The van der Waals surface area contributed by atoms with E-state index in [2.05, 4.69) is 63.6 Å². The normalized spacial score (nSPS) is 16.2. The monoisotopic (exact) mass is 551 g/mol. The van der Waals surface area contributed by atoms with Crippen molar-refractivity contribution in [3.05, 3.63) is 114 Å². The maximum absolute atomic E-state index is 14.3. The van der Waals surface area contributed by atoms with Gasteiger partial charge in [0.1, 0.15) is 12.0 Å². The molecule has 1 saturated heterocycles. The van der Waals surface area contributed by atoms with Crippen molar-refractivity contribution in [3.63, 3.8) is 0 Å². The highest BCUT2D eigenvalue weighted by atomic mass is 16.2. The lowest BCUT2D eigenvalue weighted by Crippen LogP contribution is -2.60. The van der Waals surface area contributed by atoms with Crippen molar-refractivity contribution < 1.29 is 9.59 Å². The Morgan fingerprint density at radius 1 is 0.902 bits per heavy atom. The van der Waals surface area contributed by atoms with Crippen LogP contribution in [-0.2, 0) is 27.0 Å². The van der Waals surface area contributed by atoms with Crippen LogP contribution in [0.25, 0.3) is 0 Å². The van der Waals surface area contributed by atoms with Crippen LogP contribution in [0, 0.1) is 0 Å². The number of likely N-dealkylation sites (N-methyl/N-ethyl adjacent to an activating group) is 1. The first kappa shape index (κ1) is 28.2. The van der Waals surface area contributed by atoms with Gasteiger partial charge < -0.3 is 10.6 Å². The zero-order valence-corrected chi connectivity index (χ0v) is 23.9. The molecule has 4 aromatic rings. The van der Waals surface area contributed by atoms with Gasteiger partial charge in [-0.3, -0.25) is 14.5 Å². The highest BCUT2D eigenvalue weighted by Crippen LogP contribution is 2.44. The summed E-state index contributed by atoms with van der Waals surface area (Å²) in [7, 11) is 3.65. The number of nitrogens with zero attached hydrogens (tertiary/aromatic N) is 6. The molecule has 0 radical (unpaired) electrons. The number of rotatable bonds is 9. The molecule has 1 aromatic heterocycles. The molecule has 2 amide bonds. The summed E-state index contributed by atoms with van der Waals surface area (Å²) in [4.78, 5) is 31.2. The third-order valence-corrected chi connectivity index (χ3v) is 8.53. The summed E-state index contributed by atoms with van der Waals surface area (Å²) in [6.45, 7) is 3.47. The number of piperidine rings is 1. The number of aromatic nitrogens is 4. The van der Waals surface area contributed by atoms with Crippen molar-refractivity contribution in [1.29, 1.82) is 0 Å². The molecule has 41 heavy (non-hydrogen) atoms. The molecule has 1 unspecified atom stereocenters. The molecule has 0 bridgehead atoms. The maximum atomic E-state index is 14.3. The summed E-state index contributed by atoms with van der Waals surface area (Å²) >= 11 is 0. The predicted molar refractivity (Wildman–Crippen MR) is 157 cm³/mol. The number of carbonyl (C=O) groups excluding carboxylic acids is 2. The van der Waals surface area contributed by atoms with Crippen LogP contribution in [0.4, 0.5) is 0 Å². The fourth-order valence-electron chi connectivity index (χ4n) is 6.44. The Bertz CT molecular complexity index is 1420. The summed E-state index contributed by atoms with van der Waals surface area (Å²) in [5, 5.41) is 13.1. The molecule has 9 heteroatoms. The number of hydrogen-bond acceptors (Lipinski definition) is 6. The summed E-state index contributed by atoms with van der Waals surface area (Å²) in [6.07, 6.45) is 1.44. The average Bonchev–Trinajstić information content (AvgIpc) is 3.47. The molecular weight excluding hydrogens is 514 g/mol. The van der Waals surface area contributed by atoms with E-state index in [1.807, 2.05) is 68.7 Å². The van der Waals surface area contributed by atoms with E-state index in [4.69, 9.17) is 5.73 Å². The van der Waals surface area contributed by atoms with Gasteiger partial charge in [0.05, 0.1) is 5.41 Å². The molecule has 2 N–H and O–H groups in total. The van der Waals surface area contributed by atoms with E-state index in [9.17, 15) is 9.59 Å². The highest BCUT2D eigenvalue weighted by molar-refractivity contribution is 5.93. The molecule has 0 saturated carbocycles. The minimum absolute atomic E-state index is 0.0401. The average molecular weight is 552 g/mol. The first-order valence-corrected chi connectivity index (χ1v) is 14.0. The Morgan fingerprint density at radius 3 is 1.90 bits per heavy atom. The van der Waals surface area contributed by atoms with Crippen LogP contribution in [0.1, 0.15) is 42.3 Å². The Labute approximate surface area is 241 Å². The molecule has 9 nitrogen and oxygen atoms in total. The molecule has 5 rings (SSSR count). The summed E-state index contributed by atoms with van der Waals surface area (Å²) in [6, 6.07) is 30.3. The van der Waals surface area contributed by atoms with Crippen LogP contribution in [-0.4, -0.2) is 75.0 Å². The fourth-order valence-corrected chi connectivity index (χ4v) is 6.44. The van der Waals surface area contributed by atoms with Crippen molar-refractivity contribution in [1.82, 2.24) is 30.0 Å². The van der Waals surface area contributed by atoms with Crippen LogP contribution < -0.4 is 5.73 Å². The van der Waals surface area contributed by atoms with Crippen molar-refractivity contribution >= 4 is 11.8 Å². The van der Waals surface area contributed by atoms with Crippen LogP contribution in [0.2, 0.25) is 0 Å². The van der Waals surface area contributed by atoms with Gasteiger partial charge in [0.2, 0.25) is 11.8 Å². The zero-order valence-electron chi connectivity index (χ0n) is 23.9. The largest absolute Gasteiger partial charge is 0.368 e. The van der Waals surface area contributed by atoms with Crippen molar-refractivity contribution in [2.75, 3.05) is 27.2 Å². The molecule has 1 atom stereocenters. The van der Waals surface area contributed by atoms with E-state index < -0.39 is 16.7 Å². The molecular formula is C32H37N7O2. The number of nitrogens with two attached hydrogens (primary N) is 1. The number of amides is 2. The molecule has 2 heterocycles. The van der Waals surface area contributed by atoms with E-state index in [0.29, 0.717) is 18.9 Å². The Morgan fingerprint density at radius 2 is 1.41 bits per heavy atom. The van der Waals surface area contributed by atoms with Crippen molar-refractivity contribution in [2.45, 2.75) is 43.2 Å². The molecule has 1 aliphatic rings. The van der Waals surface area contributed by atoms with Crippen LogP contribution >= 0.6 is 0 Å². The van der Waals surface area contributed by atoms with Crippen molar-refractivity contribution in [2.24, 2.45) is 5.73 Å². The quantitative estimate of drug-likeness (QED) is 0.343. The number of likely N-dealkylation sites (tertiary alicyclic amines) is 1. The Hall–Kier alpha value is -4.37. The lowest BCUT2D eigenvalue weighted by Gasteiger charge is -2.49. The van der Waals surface area contributed by atoms with Gasteiger partial charge in [0.25, 0.3) is 0 Å². The first-order chi connectivity index (χ1) is 19.8. The number of carbonyl (C=O) groups is 2. The highest BCUT2D eigenvalue weighted by Gasteiger charge is 2.52. The Kier molecular flexibility index (Phi) is 7.99. The first-order valence-electron chi connectivity index (χ1n) is 14.0. The maximum Gasteiger partial charge on any atom is 0.241 e. The SMILES string of the molecule is CC(N1CCC(c2ccccc2)(c2nnn(CC(N)=O)n2)CC1)C(C(=O)N(C)C)(c1ccccc1)c1ccccc1. The van der Waals surface area contributed by atoms with E-state index in [1.165, 1.54) is 4.80 Å². The summed E-state index contributed by atoms with van der Waals surface area (Å²) in [5.41, 5.74) is 7.02. The van der Waals surface area contributed by atoms with Crippen molar-refractivity contribution in [3.8, 4) is 0 Å². The molecule has 0 aliphatic carbocycles. The molecule has 212 valence electrons. The Balaban J connectivity index is 1.55. The van der Waals surface area contributed by atoms with Crippen LogP contribution in [0.15, 0.2) is 91.0 Å². The molecule has 0 spiro atoms. The minimum Gasteiger partial charge on any atom is -0.368 e. The number of hydrogen-bond donors (Lipinski definition) is 1. The predicted octanol–water partition coefficient (Wildman–Crippen LogP) is 3.00. The summed E-state index contributed by atoms with van der Waals surface area (Å²) < 4.78 is 0. The molecule has 1 fully saturated rings. The second kappa shape index (κ2) is 11.6. The fraction of sp³-hybridized carbons (Fsp3) is 0.344. The summed E-state index contributed by atoms with van der Waals surface area (Å²) in [5.74, 6) is 0.104. The lowest BCUT2D eigenvalue weighted by atomic mass is 9.66. The van der Waals surface area contributed by atoms with Gasteiger partial charge in [0, 0.05) is 20.1 Å². The van der Waals surface area contributed by atoms with Gasteiger partial charge >= 0.3 is 0 Å². The van der Waals surface area contributed by atoms with Crippen LogP contribution in [0.5, 0.6) is 0 Å². The van der Waals surface area contributed by atoms with E-state index in [0.717, 1.165) is 29.5 Å². The minimum atomic E-state index is -0.915. The standard InChI is InChI=1S/C32H37N7O2/c1-24(32(30(41)37(2)3,26-15-9-5-10-16-26)27-17-11-6-12-18-27)38-21-19-31(20-22-38,25-13-7-4-8-14-25)29-34-36-39(35-29)23-28(33)40/h4-18,24H,19-23H2,1-3H3,(H2,33,40). The van der Waals surface area contributed by atoms with Gasteiger partial charge in [-0.05, 0) is 54.8 Å². The second-order valence-corrected chi connectivity index (χ2v) is 11.0. The van der Waals surface area contributed by atoms with Gasteiger partial charge in [-0.15, -0.1) is 10.2 Å². The van der Waals surface area contributed by atoms with Crippen LogP contribution in [0.3, 0.4) is 0 Å². The van der Waals surface area contributed by atoms with E-state index in [-0.39, 0.29) is 18.5 Å². The lowest BCUT2D eigenvalue weighted by molar-refractivity contribution is -0.136. The van der Waals surface area contributed by atoms with Gasteiger partial charge in [-0.25, -0.2) is 0 Å². The zero-order chi connectivity index (χ0) is 29.0. The molecule has 1 aliphatic heterocycles. The smallest absolute Gasteiger partial charge is 0.241 e. The van der Waals surface area contributed by atoms with Gasteiger partial charge in [0.15, 0.2) is 5.82 Å². The third-order valence-electron chi connectivity index (χ3n) is 8.53. The number of primary amides is 1. The second-order valence-electron chi connectivity index (χ2n) is 11.0. The van der Waals surface area contributed by atoms with E-state index >= 15 is 0 Å². The molecule has 3 aromatic carbocycles. The third kappa shape index (κ3) is 5.13. The number of tetrazole rings is 1. The topological polar surface area (TPSA) is 110 Å². The van der Waals surface area contributed by atoms with Gasteiger partial charge in [-0.1, -0.05) is 91.0 Å². The van der Waals surface area contributed by atoms with Gasteiger partial charge in [-0.2, -0.15) is 4.80 Å². The van der Waals surface area contributed by atoms with E-state index in [1.54, 1.807) is 4.90 Å².